The zero-order valence-electron chi connectivity index (χ0n) is 7.68. The highest BCUT2D eigenvalue weighted by Gasteiger charge is 2.42. The molecule has 1 rings (SSSR count). The number of phosphoric acid groups is 1. The number of phosphoric ester groups is 1. The highest BCUT2D eigenvalue weighted by molar-refractivity contribution is 7.46. The second kappa shape index (κ2) is 5.48. The first kappa shape index (κ1) is 15.9. The second-order valence-corrected chi connectivity index (χ2v) is 4.04. The molecule has 17 heavy (non-hydrogen) atoms. The van der Waals surface area contributed by atoms with Gasteiger partial charge in [-0.1, -0.05) is 7.43 Å². The van der Waals surface area contributed by atoms with Crippen LogP contribution in [0.3, 0.4) is 0 Å². The van der Waals surface area contributed by atoms with E-state index >= 15 is 0 Å². The Morgan fingerprint density at radius 3 is 2.41 bits per heavy atom. The van der Waals surface area contributed by atoms with Crippen LogP contribution in [-0.4, -0.2) is 49.9 Å². The summed E-state index contributed by atoms with van der Waals surface area (Å²) in [5.41, 5.74) is 0. The molecule has 0 bridgehead atoms. The average molecular weight is 272 g/mol. The summed E-state index contributed by atoms with van der Waals surface area (Å²) in [6.45, 7) is -0.814. The lowest BCUT2D eigenvalue weighted by molar-refractivity contribution is -0.147. The predicted octanol–water partition coefficient (Wildman–Crippen LogP) is -1.22. The summed E-state index contributed by atoms with van der Waals surface area (Å²) in [5, 5.41) is 26.9. The van der Waals surface area contributed by atoms with Gasteiger partial charge in [-0.15, -0.1) is 0 Å². The lowest BCUT2D eigenvalue weighted by Crippen LogP contribution is -2.31. The molecule has 0 saturated carbocycles. The van der Waals surface area contributed by atoms with E-state index < -0.39 is 44.1 Å². The van der Waals surface area contributed by atoms with Gasteiger partial charge in [0.05, 0.1) is 6.61 Å². The molecule has 0 radical (unpaired) electrons. The molecular formula is C7H13O9P. The molecule has 0 aromatic carbocycles. The van der Waals surface area contributed by atoms with E-state index in [1.165, 1.54) is 0 Å². The van der Waals surface area contributed by atoms with E-state index in [0.717, 1.165) is 0 Å². The number of hydrogen-bond acceptors (Lipinski definition) is 7. The first-order chi connectivity index (χ1) is 7.26. The fraction of sp³-hybridized carbons (Fsp3) is 0.571. The molecule has 1 aliphatic rings. The van der Waals surface area contributed by atoms with Crippen LogP contribution in [0.25, 0.3) is 0 Å². The summed E-state index contributed by atoms with van der Waals surface area (Å²) in [5.74, 6) is -3.39. The summed E-state index contributed by atoms with van der Waals surface area (Å²) in [7, 11) is -5.02. The van der Waals surface area contributed by atoms with E-state index in [1.54, 1.807) is 0 Å². The fourth-order valence-electron chi connectivity index (χ4n) is 1.02. The van der Waals surface area contributed by atoms with Crippen molar-refractivity contribution in [1.29, 1.82) is 0 Å². The Labute approximate surface area is 96.1 Å². The number of aliphatic hydroxyl groups excluding tert-OH is 3. The van der Waals surface area contributed by atoms with Crippen LogP contribution in [0, 0.1) is 0 Å². The number of aliphatic hydroxyl groups is 3. The van der Waals surface area contributed by atoms with Gasteiger partial charge in [0.25, 0.3) is 5.76 Å². The Kier molecular flexibility index (Phi) is 5.12. The minimum atomic E-state index is -5.02. The summed E-state index contributed by atoms with van der Waals surface area (Å²) in [4.78, 5) is 27.8. The molecule has 0 aromatic rings. The van der Waals surface area contributed by atoms with Gasteiger partial charge in [-0.05, 0) is 0 Å². The van der Waals surface area contributed by atoms with Crippen molar-refractivity contribution < 1.29 is 43.7 Å². The van der Waals surface area contributed by atoms with Crippen molar-refractivity contribution in [3.05, 3.63) is 11.5 Å². The maximum Gasteiger partial charge on any atom is 0.525 e. The lowest BCUT2D eigenvalue weighted by atomic mass is 10.2. The summed E-state index contributed by atoms with van der Waals surface area (Å²) >= 11 is 0. The van der Waals surface area contributed by atoms with Crippen molar-refractivity contribution in [3.8, 4) is 0 Å². The van der Waals surface area contributed by atoms with Crippen molar-refractivity contribution >= 4 is 13.8 Å². The van der Waals surface area contributed by atoms with Crippen LogP contribution in [0.15, 0.2) is 11.5 Å². The molecule has 2 atom stereocenters. The molecule has 0 aliphatic carbocycles. The number of rotatable bonds is 4. The van der Waals surface area contributed by atoms with Crippen molar-refractivity contribution in [1.82, 2.24) is 0 Å². The zero-order chi connectivity index (χ0) is 12.5. The van der Waals surface area contributed by atoms with Crippen LogP contribution >= 0.6 is 7.82 Å². The SMILES string of the molecule is C.O=C1OC(C(O)CO)C(O)=C1OP(=O)(O)O. The van der Waals surface area contributed by atoms with Crippen molar-refractivity contribution in [2.45, 2.75) is 19.6 Å². The molecule has 0 fully saturated rings. The number of hydrogen-bond donors (Lipinski definition) is 5. The molecule has 5 N–H and O–H groups in total. The van der Waals surface area contributed by atoms with Crippen LogP contribution in [-0.2, 0) is 18.6 Å². The Morgan fingerprint density at radius 1 is 1.47 bits per heavy atom. The quantitative estimate of drug-likeness (QED) is 0.313. The minimum absolute atomic E-state index is 0. The maximum absolute atomic E-state index is 11.0. The Balaban J connectivity index is 0.00000256. The van der Waals surface area contributed by atoms with Crippen LogP contribution < -0.4 is 0 Å². The van der Waals surface area contributed by atoms with Gasteiger partial charge in [0.2, 0.25) is 0 Å². The summed E-state index contributed by atoms with van der Waals surface area (Å²) in [6.07, 6.45) is -3.21. The van der Waals surface area contributed by atoms with E-state index in [0.29, 0.717) is 0 Å². The Hall–Kier alpha value is -1.12. The van der Waals surface area contributed by atoms with Gasteiger partial charge in [-0.2, -0.15) is 0 Å². The highest BCUT2D eigenvalue weighted by Crippen LogP contribution is 2.42. The van der Waals surface area contributed by atoms with Crippen LogP contribution in [0.2, 0.25) is 0 Å². The lowest BCUT2D eigenvalue weighted by Gasteiger charge is -2.13. The predicted molar refractivity (Wildman–Crippen MR) is 52.5 cm³/mol. The largest absolute Gasteiger partial charge is 0.525 e. The maximum atomic E-state index is 11.0. The Bertz CT molecular complexity index is 370. The van der Waals surface area contributed by atoms with Gasteiger partial charge in [0.15, 0.2) is 11.9 Å². The topological polar surface area (TPSA) is 154 Å². The third kappa shape index (κ3) is 3.69. The van der Waals surface area contributed by atoms with E-state index in [2.05, 4.69) is 9.26 Å². The third-order valence-electron chi connectivity index (χ3n) is 1.67. The molecule has 10 heteroatoms. The first-order valence-corrected chi connectivity index (χ1v) is 5.47. The smallest absolute Gasteiger partial charge is 0.505 e. The van der Waals surface area contributed by atoms with Gasteiger partial charge in [0, 0.05) is 0 Å². The van der Waals surface area contributed by atoms with Gasteiger partial charge in [-0.25, -0.2) is 9.36 Å². The van der Waals surface area contributed by atoms with Crippen LogP contribution in [0.1, 0.15) is 7.43 Å². The number of cyclic esters (lactones) is 1. The number of ether oxygens (including phenoxy) is 1. The normalized spacial score (nSPS) is 21.9. The average Bonchev–Trinajstić information content (AvgIpc) is 2.42. The summed E-state index contributed by atoms with van der Waals surface area (Å²) < 4.78 is 18.7. The van der Waals surface area contributed by atoms with Crippen molar-refractivity contribution in [2.75, 3.05) is 6.61 Å². The van der Waals surface area contributed by atoms with Crippen molar-refractivity contribution in [2.24, 2.45) is 0 Å². The number of esters is 1. The fourth-order valence-corrected chi connectivity index (χ4v) is 1.42. The van der Waals surface area contributed by atoms with Gasteiger partial charge in [-0.3, -0.25) is 9.79 Å². The molecule has 1 aliphatic heterocycles. The Morgan fingerprint density at radius 2 is 2.00 bits per heavy atom. The van der Waals surface area contributed by atoms with Crippen LogP contribution in [0.5, 0.6) is 0 Å². The van der Waals surface area contributed by atoms with E-state index in [4.69, 9.17) is 20.0 Å². The molecule has 1 heterocycles. The second-order valence-electron chi connectivity index (χ2n) is 2.87. The molecule has 0 saturated heterocycles. The monoisotopic (exact) mass is 272 g/mol. The first-order valence-electron chi connectivity index (χ1n) is 3.94. The van der Waals surface area contributed by atoms with Gasteiger partial charge >= 0.3 is 13.8 Å². The van der Waals surface area contributed by atoms with Gasteiger partial charge < -0.3 is 24.6 Å². The third-order valence-corrected chi connectivity index (χ3v) is 2.09. The van der Waals surface area contributed by atoms with Crippen molar-refractivity contribution in [3.63, 3.8) is 0 Å². The molecule has 0 amide bonds. The molecule has 9 nitrogen and oxygen atoms in total. The minimum Gasteiger partial charge on any atom is -0.505 e. The van der Waals surface area contributed by atoms with E-state index in [9.17, 15) is 14.5 Å². The molecule has 0 aromatic heterocycles. The number of carbonyl (C=O) groups is 1. The van der Waals surface area contributed by atoms with E-state index in [1.807, 2.05) is 0 Å². The molecule has 0 spiro atoms. The number of carbonyl (C=O) groups excluding carboxylic acids is 1. The molecular weight excluding hydrogens is 259 g/mol. The highest BCUT2D eigenvalue weighted by atomic mass is 31.2. The standard InChI is InChI=1S/C6H9O9P.CH4/c7-1-2(8)4-3(9)5(6(10)14-4)15-16(11,12)13;/h2,4,7-9H,1H2,(H2,11,12,13);1H4. The van der Waals surface area contributed by atoms with Gasteiger partial charge in [0.1, 0.15) is 6.10 Å². The van der Waals surface area contributed by atoms with E-state index in [-0.39, 0.29) is 7.43 Å². The van der Waals surface area contributed by atoms with Crippen LogP contribution in [0.4, 0.5) is 0 Å². The summed E-state index contributed by atoms with van der Waals surface area (Å²) in [6, 6.07) is 0. The zero-order valence-corrected chi connectivity index (χ0v) is 8.57. The molecule has 100 valence electrons. The molecule has 2 unspecified atom stereocenters.